The molecule has 2 aromatic carbocycles. The fourth-order valence-electron chi connectivity index (χ4n) is 2.17. The number of fused-ring (bicyclic) bond motifs is 1. The van der Waals surface area contributed by atoms with E-state index in [1.54, 1.807) is 17.7 Å². The van der Waals surface area contributed by atoms with E-state index >= 15 is 0 Å². The molecule has 0 aliphatic heterocycles. The lowest BCUT2D eigenvalue weighted by Crippen LogP contribution is -2.07. The molecule has 20 heavy (non-hydrogen) atoms. The fraction of sp³-hybridized carbons (Fsp3) is 0.133. The molecule has 0 fully saturated rings. The highest BCUT2D eigenvalue weighted by Gasteiger charge is 2.15. The van der Waals surface area contributed by atoms with Gasteiger partial charge in [-0.05, 0) is 43.7 Å². The summed E-state index contributed by atoms with van der Waals surface area (Å²) < 4.78 is 15.2. The van der Waals surface area contributed by atoms with Crippen molar-refractivity contribution in [2.75, 3.05) is 0 Å². The number of carbonyl (C=O) groups is 1. The van der Waals surface area contributed by atoms with Crippen molar-refractivity contribution in [2.24, 2.45) is 0 Å². The normalized spacial score (nSPS) is 10.9. The number of halogens is 1. The largest absolute Gasteiger partial charge is 0.294 e. The monoisotopic (exact) mass is 269 g/mol. The maximum Gasteiger partial charge on any atom is 0.162 e. The Bertz CT molecular complexity index is 823. The Kier molecular flexibility index (Phi) is 2.82. The summed E-state index contributed by atoms with van der Waals surface area (Å²) >= 11 is 0. The van der Waals surface area contributed by atoms with Gasteiger partial charge in [0.15, 0.2) is 5.78 Å². The number of Topliss-reactive ketones (excluding diaryl/α,β-unsaturated/α-hetero) is 1. The van der Waals surface area contributed by atoms with Crippen LogP contribution in [0.2, 0.25) is 0 Å². The van der Waals surface area contributed by atoms with E-state index in [0.29, 0.717) is 16.8 Å². The number of benzene rings is 2. The second-order valence-electron chi connectivity index (χ2n) is 4.66. The van der Waals surface area contributed by atoms with E-state index in [4.69, 9.17) is 0 Å². The number of para-hydroxylation sites is 1. The predicted octanol–water partition coefficient (Wildman–Crippen LogP) is 3.07. The Labute approximate surface area is 114 Å². The predicted molar refractivity (Wildman–Crippen MR) is 73.6 cm³/mol. The molecular weight excluding hydrogens is 257 g/mol. The van der Waals surface area contributed by atoms with Crippen LogP contribution < -0.4 is 0 Å². The van der Waals surface area contributed by atoms with Crippen molar-refractivity contribution in [3.63, 3.8) is 0 Å². The highest BCUT2D eigenvalue weighted by molar-refractivity contribution is 5.98. The number of rotatable bonds is 2. The Hall–Kier alpha value is -2.56. The second kappa shape index (κ2) is 4.52. The first-order chi connectivity index (χ1) is 9.58. The van der Waals surface area contributed by atoms with Gasteiger partial charge >= 0.3 is 0 Å². The van der Waals surface area contributed by atoms with Crippen LogP contribution in [0.25, 0.3) is 16.7 Å². The summed E-state index contributed by atoms with van der Waals surface area (Å²) in [5, 5.41) is 8.13. The van der Waals surface area contributed by atoms with E-state index in [2.05, 4.69) is 10.3 Å². The molecule has 0 amide bonds. The molecule has 0 saturated carbocycles. The number of nitrogens with zero attached hydrogens (tertiary/aromatic N) is 3. The highest BCUT2D eigenvalue weighted by atomic mass is 19.1. The SMILES string of the molecule is CC(=O)c1cc(F)c(C)cc1-n1nnc2ccccc21. The summed E-state index contributed by atoms with van der Waals surface area (Å²) in [5.74, 6) is -0.609. The Morgan fingerprint density at radius 2 is 2.00 bits per heavy atom. The van der Waals surface area contributed by atoms with E-state index in [1.165, 1.54) is 13.0 Å². The molecule has 3 aromatic rings. The Morgan fingerprint density at radius 3 is 2.75 bits per heavy atom. The average molecular weight is 269 g/mol. The van der Waals surface area contributed by atoms with Gasteiger partial charge in [-0.15, -0.1) is 5.10 Å². The summed E-state index contributed by atoms with van der Waals surface area (Å²) in [4.78, 5) is 11.7. The molecule has 5 heteroatoms. The molecule has 1 heterocycles. The van der Waals surface area contributed by atoms with Crippen LogP contribution in [0.5, 0.6) is 0 Å². The van der Waals surface area contributed by atoms with Crippen LogP contribution in [0.4, 0.5) is 4.39 Å². The summed E-state index contributed by atoms with van der Waals surface area (Å²) in [6.07, 6.45) is 0. The zero-order chi connectivity index (χ0) is 14.3. The average Bonchev–Trinajstić information content (AvgIpc) is 2.85. The second-order valence-corrected chi connectivity index (χ2v) is 4.66. The van der Waals surface area contributed by atoms with E-state index in [9.17, 15) is 9.18 Å². The molecule has 0 aliphatic rings. The number of hydrogen-bond donors (Lipinski definition) is 0. The Morgan fingerprint density at radius 1 is 1.25 bits per heavy atom. The molecule has 3 rings (SSSR count). The smallest absolute Gasteiger partial charge is 0.162 e. The minimum absolute atomic E-state index is 0.210. The van der Waals surface area contributed by atoms with E-state index in [0.717, 1.165) is 11.0 Å². The zero-order valence-corrected chi connectivity index (χ0v) is 11.1. The quantitative estimate of drug-likeness (QED) is 0.672. The van der Waals surface area contributed by atoms with Crippen LogP contribution in [-0.2, 0) is 0 Å². The van der Waals surface area contributed by atoms with Gasteiger partial charge in [-0.1, -0.05) is 17.3 Å². The van der Waals surface area contributed by atoms with Gasteiger partial charge < -0.3 is 0 Å². The maximum atomic E-state index is 13.7. The number of aryl methyl sites for hydroxylation is 1. The Balaban J connectivity index is 2.34. The highest BCUT2D eigenvalue weighted by Crippen LogP contribution is 2.23. The summed E-state index contributed by atoms with van der Waals surface area (Å²) in [5.41, 5.74) is 2.81. The van der Waals surface area contributed by atoms with Crippen LogP contribution in [0.15, 0.2) is 36.4 Å². The molecular formula is C15H12FN3O. The molecule has 4 nitrogen and oxygen atoms in total. The lowest BCUT2D eigenvalue weighted by atomic mass is 10.1. The maximum absolute atomic E-state index is 13.7. The topological polar surface area (TPSA) is 47.8 Å². The van der Waals surface area contributed by atoms with Crippen molar-refractivity contribution < 1.29 is 9.18 Å². The molecule has 0 aliphatic carbocycles. The van der Waals surface area contributed by atoms with E-state index < -0.39 is 5.82 Å². The lowest BCUT2D eigenvalue weighted by molar-refractivity contribution is 0.101. The van der Waals surface area contributed by atoms with Crippen molar-refractivity contribution in [3.05, 3.63) is 53.3 Å². The molecule has 1 aromatic heterocycles. The third-order valence-electron chi connectivity index (χ3n) is 3.24. The third kappa shape index (κ3) is 1.87. The van der Waals surface area contributed by atoms with Crippen molar-refractivity contribution in [1.29, 1.82) is 0 Å². The summed E-state index contributed by atoms with van der Waals surface area (Å²) in [6.45, 7) is 3.06. The first-order valence-corrected chi connectivity index (χ1v) is 6.20. The number of aromatic nitrogens is 3. The first kappa shape index (κ1) is 12.5. The van der Waals surface area contributed by atoms with Crippen LogP contribution in [-0.4, -0.2) is 20.8 Å². The number of carbonyl (C=O) groups excluding carboxylic acids is 1. The molecule has 0 atom stereocenters. The zero-order valence-electron chi connectivity index (χ0n) is 11.1. The van der Waals surface area contributed by atoms with Crippen molar-refractivity contribution >= 4 is 16.8 Å². The molecule has 0 saturated heterocycles. The molecule has 0 unspecified atom stereocenters. The van der Waals surface area contributed by atoms with Gasteiger partial charge in [-0.2, -0.15) is 0 Å². The molecule has 0 radical (unpaired) electrons. The third-order valence-corrected chi connectivity index (χ3v) is 3.24. The van der Waals surface area contributed by atoms with E-state index in [-0.39, 0.29) is 5.78 Å². The minimum atomic E-state index is -0.400. The summed E-state index contributed by atoms with van der Waals surface area (Å²) in [7, 11) is 0. The van der Waals surface area contributed by atoms with Gasteiger partial charge in [-0.25, -0.2) is 9.07 Å². The van der Waals surface area contributed by atoms with Gasteiger partial charge in [-0.3, -0.25) is 4.79 Å². The van der Waals surface area contributed by atoms with Crippen LogP contribution in [0, 0.1) is 12.7 Å². The van der Waals surface area contributed by atoms with Gasteiger partial charge in [0.05, 0.1) is 11.2 Å². The molecule has 0 N–H and O–H groups in total. The van der Waals surface area contributed by atoms with Crippen molar-refractivity contribution in [2.45, 2.75) is 13.8 Å². The van der Waals surface area contributed by atoms with Crippen LogP contribution in [0.1, 0.15) is 22.8 Å². The minimum Gasteiger partial charge on any atom is -0.294 e. The first-order valence-electron chi connectivity index (χ1n) is 6.20. The lowest BCUT2D eigenvalue weighted by Gasteiger charge is -2.09. The van der Waals surface area contributed by atoms with Crippen molar-refractivity contribution in [3.8, 4) is 5.69 Å². The van der Waals surface area contributed by atoms with Gasteiger partial charge in [0.25, 0.3) is 0 Å². The van der Waals surface area contributed by atoms with Gasteiger partial charge in [0.1, 0.15) is 11.3 Å². The van der Waals surface area contributed by atoms with Crippen LogP contribution in [0.3, 0.4) is 0 Å². The van der Waals surface area contributed by atoms with Gasteiger partial charge in [0, 0.05) is 5.56 Å². The number of ketones is 1. The van der Waals surface area contributed by atoms with E-state index in [1.807, 2.05) is 24.3 Å². The summed E-state index contributed by atoms with van der Waals surface area (Å²) in [6, 6.07) is 10.3. The molecule has 0 spiro atoms. The standard InChI is InChI=1S/C15H12FN3O/c1-9-7-15(11(10(2)20)8-12(9)16)19-14-6-4-3-5-13(14)17-18-19/h3-8H,1-2H3. The van der Waals surface area contributed by atoms with Crippen LogP contribution >= 0.6 is 0 Å². The molecule has 0 bridgehead atoms. The fourth-order valence-corrected chi connectivity index (χ4v) is 2.17. The number of hydrogen-bond acceptors (Lipinski definition) is 3. The molecule has 100 valence electrons. The van der Waals surface area contributed by atoms with Crippen molar-refractivity contribution in [1.82, 2.24) is 15.0 Å². The van der Waals surface area contributed by atoms with Gasteiger partial charge in [0.2, 0.25) is 0 Å².